The molecule has 44 heavy (non-hydrogen) atoms. The van der Waals surface area contributed by atoms with Gasteiger partial charge in [-0.2, -0.15) is 0 Å². The fourth-order valence-corrected chi connectivity index (χ4v) is 5.94. The molecule has 4 aromatic carbocycles. The highest BCUT2D eigenvalue weighted by atomic mass is 32.2. The minimum atomic E-state index is -0.540. The van der Waals surface area contributed by atoms with Crippen molar-refractivity contribution in [1.29, 1.82) is 0 Å². The molecule has 1 amide bonds. The SMILES string of the molecule is O=C(NCc1cccc(-c2ccc([C@@H]3O[C@H](CSc4ncccn4)C[C@H](c4ccc(CO)cc4)O3)cc2)c1)c1ccccc1. The molecule has 0 aliphatic carbocycles. The van der Waals surface area contributed by atoms with E-state index in [2.05, 4.69) is 39.6 Å². The molecule has 0 radical (unpaired) electrons. The van der Waals surface area contributed by atoms with E-state index >= 15 is 0 Å². The van der Waals surface area contributed by atoms with Crippen LogP contribution in [0.25, 0.3) is 11.1 Å². The van der Waals surface area contributed by atoms with Gasteiger partial charge < -0.3 is 19.9 Å². The molecular weight excluding hydrogens is 570 g/mol. The first-order valence-corrected chi connectivity index (χ1v) is 15.6. The molecule has 1 aliphatic rings. The number of ether oxygens (including phenoxy) is 2. The zero-order valence-electron chi connectivity index (χ0n) is 24.1. The van der Waals surface area contributed by atoms with Gasteiger partial charge in [-0.1, -0.05) is 96.7 Å². The predicted octanol–water partition coefficient (Wildman–Crippen LogP) is 6.90. The van der Waals surface area contributed by atoms with Gasteiger partial charge in [0.2, 0.25) is 0 Å². The summed E-state index contributed by atoms with van der Waals surface area (Å²) in [5, 5.41) is 13.2. The Balaban J connectivity index is 1.15. The van der Waals surface area contributed by atoms with E-state index in [1.807, 2.05) is 66.7 Å². The Morgan fingerprint density at radius 3 is 2.30 bits per heavy atom. The zero-order valence-corrected chi connectivity index (χ0v) is 24.9. The summed E-state index contributed by atoms with van der Waals surface area (Å²) in [6, 6.07) is 35.3. The van der Waals surface area contributed by atoms with Gasteiger partial charge in [-0.25, -0.2) is 9.97 Å². The largest absolute Gasteiger partial charge is 0.392 e. The Morgan fingerprint density at radius 2 is 1.55 bits per heavy atom. The molecule has 2 N–H and O–H groups in total. The number of rotatable bonds is 10. The Hall–Kier alpha value is -4.34. The van der Waals surface area contributed by atoms with Crippen LogP contribution < -0.4 is 5.32 Å². The molecule has 2 heterocycles. The summed E-state index contributed by atoms with van der Waals surface area (Å²) in [4.78, 5) is 21.2. The molecule has 1 saturated heterocycles. The van der Waals surface area contributed by atoms with Crippen molar-refractivity contribution in [2.75, 3.05) is 5.75 Å². The van der Waals surface area contributed by atoms with Gasteiger partial charge in [0.05, 0.1) is 18.8 Å². The number of benzene rings is 4. The lowest BCUT2D eigenvalue weighted by Crippen LogP contribution is -2.31. The maximum absolute atomic E-state index is 12.5. The summed E-state index contributed by atoms with van der Waals surface area (Å²) in [6.07, 6.45) is 3.40. The standard InChI is InChI=1S/C36H33N3O4S/c40-23-25-10-12-28(13-11-25)33-21-32(24-44-36-37-18-5-19-38-36)42-35(43-33)30-16-14-27(15-17-30)31-9-4-6-26(20-31)22-39-34(41)29-7-2-1-3-8-29/h1-20,32-33,35,40H,21-24H2,(H,39,41)/t32-,33+,35+/m0/s1. The first kappa shape index (κ1) is 29.7. The van der Waals surface area contributed by atoms with E-state index in [-0.39, 0.29) is 24.7 Å². The van der Waals surface area contributed by atoms with E-state index in [9.17, 15) is 9.90 Å². The molecule has 7 nitrogen and oxygen atoms in total. The second-order valence-electron chi connectivity index (χ2n) is 10.6. The van der Waals surface area contributed by atoms with Crippen molar-refractivity contribution in [2.24, 2.45) is 0 Å². The first-order chi connectivity index (χ1) is 21.6. The van der Waals surface area contributed by atoms with E-state index in [1.165, 1.54) is 0 Å². The van der Waals surface area contributed by atoms with E-state index in [4.69, 9.17) is 9.47 Å². The van der Waals surface area contributed by atoms with Crippen LogP contribution in [-0.4, -0.2) is 32.8 Å². The molecular formula is C36H33N3O4S. The molecule has 0 bridgehead atoms. The smallest absolute Gasteiger partial charge is 0.251 e. The molecule has 8 heteroatoms. The summed E-state index contributed by atoms with van der Waals surface area (Å²) >= 11 is 1.57. The number of aliphatic hydroxyl groups excluding tert-OH is 1. The highest BCUT2D eigenvalue weighted by molar-refractivity contribution is 7.99. The number of hydrogen-bond acceptors (Lipinski definition) is 7. The van der Waals surface area contributed by atoms with Gasteiger partial charge in [0.1, 0.15) is 0 Å². The van der Waals surface area contributed by atoms with Gasteiger partial charge in [0.15, 0.2) is 11.4 Å². The molecule has 0 spiro atoms. The van der Waals surface area contributed by atoms with Gasteiger partial charge in [-0.3, -0.25) is 4.79 Å². The highest BCUT2D eigenvalue weighted by Gasteiger charge is 2.32. The third-order valence-corrected chi connectivity index (χ3v) is 8.50. The van der Waals surface area contributed by atoms with E-state index in [0.29, 0.717) is 29.4 Å². The van der Waals surface area contributed by atoms with Crippen LogP contribution in [0.3, 0.4) is 0 Å². The second kappa shape index (κ2) is 14.4. The predicted molar refractivity (Wildman–Crippen MR) is 171 cm³/mol. The lowest BCUT2D eigenvalue weighted by atomic mass is 9.99. The van der Waals surface area contributed by atoms with Crippen LogP contribution in [0.15, 0.2) is 127 Å². The number of thioether (sulfide) groups is 1. The summed E-state index contributed by atoms with van der Waals surface area (Å²) in [5.74, 6) is 0.601. The number of nitrogens with zero attached hydrogens (tertiary/aromatic N) is 2. The molecule has 1 aliphatic heterocycles. The van der Waals surface area contributed by atoms with Gasteiger partial charge in [0.25, 0.3) is 5.91 Å². The van der Waals surface area contributed by atoms with E-state index < -0.39 is 6.29 Å². The Kier molecular flexibility index (Phi) is 9.74. The molecule has 0 saturated carbocycles. The third-order valence-electron chi connectivity index (χ3n) is 7.49. The Morgan fingerprint density at radius 1 is 0.795 bits per heavy atom. The Labute approximate surface area is 261 Å². The second-order valence-corrected chi connectivity index (χ2v) is 11.6. The fraction of sp³-hybridized carbons (Fsp3) is 0.194. The van der Waals surface area contributed by atoms with Crippen molar-refractivity contribution >= 4 is 17.7 Å². The van der Waals surface area contributed by atoms with Crippen molar-refractivity contribution < 1.29 is 19.4 Å². The normalized spacial score (nSPS) is 18.1. The summed E-state index contributed by atoms with van der Waals surface area (Å²) in [7, 11) is 0. The topological polar surface area (TPSA) is 93.6 Å². The van der Waals surface area contributed by atoms with Gasteiger partial charge in [-0.15, -0.1) is 0 Å². The molecule has 6 rings (SSSR count). The van der Waals surface area contributed by atoms with Crippen LogP contribution in [0.5, 0.6) is 0 Å². The number of amides is 1. The van der Waals surface area contributed by atoms with Crippen LogP contribution >= 0.6 is 11.8 Å². The van der Waals surface area contributed by atoms with Crippen LogP contribution in [0, 0.1) is 0 Å². The molecule has 222 valence electrons. The van der Waals surface area contributed by atoms with Crippen molar-refractivity contribution in [3.63, 3.8) is 0 Å². The number of hydrogen-bond donors (Lipinski definition) is 2. The summed E-state index contributed by atoms with van der Waals surface area (Å²) in [6.45, 7) is 0.447. The Bertz CT molecular complexity index is 1650. The molecule has 1 fully saturated rings. The van der Waals surface area contributed by atoms with Crippen LogP contribution in [-0.2, 0) is 22.6 Å². The van der Waals surface area contributed by atoms with Gasteiger partial charge >= 0.3 is 0 Å². The van der Waals surface area contributed by atoms with Crippen molar-refractivity contribution in [2.45, 2.75) is 43.2 Å². The first-order valence-electron chi connectivity index (χ1n) is 14.6. The van der Waals surface area contributed by atoms with E-state index in [1.54, 1.807) is 42.4 Å². The average Bonchev–Trinajstić information content (AvgIpc) is 3.10. The third kappa shape index (κ3) is 7.59. The van der Waals surface area contributed by atoms with Crippen LogP contribution in [0.4, 0.5) is 0 Å². The number of aromatic nitrogens is 2. The molecule has 1 aromatic heterocycles. The minimum absolute atomic E-state index is 0.00542. The molecule has 5 aromatic rings. The number of nitrogens with one attached hydrogen (secondary N) is 1. The molecule has 3 atom stereocenters. The number of carbonyl (C=O) groups excluding carboxylic acids is 1. The monoisotopic (exact) mass is 603 g/mol. The summed E-state index contributed by atoms with van der Waals surface area (Å²) in [5.41, 5.74) is 6.64. The number of aliphatic hydroxyl groups is 1. The maximum Gasteiger partial charge on any atom is 0.251 e. The quantitative estimate of drug-likeness (QED) is 0.132. The van der Waals surface area contributed by atoms with Crippen LogP contribution in [0.2, 0.25) is 0 Å². The van der Waals surface area contributed by atoms with Gasteiger partial charge in [-0.05, 0) is 52.1 Å². The van der Waals surface area contributed by atoms with Crippen molar-refractivity contribution in [3.05, 3.63) is 149 Å². The lowest BCUT2D eigenvalue weighted by molar-refractivity contribution is -0.245. The highest BCUT2D eigenvalue weighted by Crippen LogP contribution is 2.39. The number of carbonyl (C=O) groups is 1. The van der Waals surface area contributed by atoms with Crippen molar-refractivity contribution in [1.82, 2.24) is 15.3 Å². The van der Waals surface area contributed by atoms with E-state index in [0.717, 1.165) is 33.4 Å². The molecule has 0 unspecified atom stereocenters. The lowest BCUT2D eigenvalue weighted by Gasteiger charge is -2.36. The minimum Gasteiger partial charge on any atom is -0.392 e. The van der Waals surface area contributed by atoms with Gasteiger partial charge in [0, 0.05) is 42.2 Å². The van der Waals surface area contributed by atoms with Crippen molar-refractivity contribution in [3.8, 4) is 11.1 Å². The fourth-order valence-electron chi connectivity index (χ4n) is 5.12. The summed E-state index contributed by atoms with van der Waals surface area (Å²) < 4.78 is 13.0. The average molecular weight is 604 g/mol. The van der Waals surface area contributed by atoms with Crippen LogP contribution in [0.1, 0.15) is 51.4 Å². The zero-order chi connectivity index (χ0) is 30.1. The maximum atomic E-state index is 12.5.